The standard InChI is InChI=1S/C23H26N8O2/c1-14(32)30-11-23(12-30)7-5-16(6-8-23)27-22-28-20-19(21(29-22)33-2)17(9-24-20)15-3-4-18-25-13-26-31(18)10-15/h3-4,9-10,13,16H,5-8,11-12H2,1-2H3,(H2,24,27,28,29). The summed E-state index contributed by atoms with van der Waals surface area (Å²) in [6.45, 7) is 3.45. The number of fused-ring (bicyclic) bond motifs is 2. The van der Waals surface area contributed by atoms with Gasteiger partial charge in [0.1, 0.15) is 12.0 Å². The average molecular weight is 447 g/mol. The highest BCUT2D eigenvalue weighted by Crippen LogP contribution is 2.44. The lowest BCUT2D eigenvalue weighted by Gasteiger charge is -2.53. The molecule has 1 aliphatic carbocycles. The van der Waals surface area contributed by atoms with Gasteiger partial charge in [-0.3, -0.25) is 4.79 Å². The van der Waals surface area contributed by atoms with Crippen molar-refractivity contribution in [3.05, 3.63) is 30.9 Å². The normalized spacial score (nSPS) is 18.1. The fourth-order valence-electron chi connectivity index (χ4n) is 5.28. The van der Waals surface area contributed by atoms with Gasteiger partial charge in [-0.05, 0) is 37.8 Å². The van der Waals surface area contributed by atoms with Crippen LogP contribution in [0.15, 0.2) is 30.9 Å². The van der Waals surface area contributed by atoms with Crippen molar-refractivity contribution < 1.29 is 9.53 Å². The number of amides is 1. The third kappa shape index (κ3) is 3.37. The van der Waals surface area contributed by atoms with Gasteiger partial charge in [0, 0.05) is 55.0 Å². The van der Waals surface area contributed by atoms with E-state index in [1.807, 2.05) is 29.4 Å². The van der Waals surface area contributed by atoms with Crippen LogP contribution in [0.5, 0.6) is 5.88 Å². The van der Waals surface area contributed by atoms with Crippen molar-refractivity contribution in [1.29, 1.82) is 0 Å². The molecule has 2 aliphatic rings. The number of carbonyl (C=O) groups is 1. The van der Waals surface area contributed by atoms with Gasteiger partial charge in [-0.2, -0.15) is 15.1 Å². The lowest BCUT2D eigenvalue weighted by atomic mass is 9.67. The Balaban J connectivity index is 1.22. The zero-order valence-corrected chi connectivity index (χ0v) is 18.7. The van der Waals surface area contributed by atoms with Crippen molar-refractivity contribution in [1.82, 2.24) is 34.4 Å². The zero-order valence-electron chi connectivity index (χ0n) is 18.7. The molecule has 2 fully saturated rings. The van der Waals surface area contributed by atoms with Crippen molar-refractivity contribution in [3.63, 3.8) is 0 Å². The first-order valence-electron chi connectivity index (χ1n) is 11.3. The molecule has 0 aromatic carbocycles. The van der Waals surface area contributed by atoms with Crippen molar-refractivity contribution >= 4 is 28.5 Å². The van der Waals surface area contributed by atoms with Crippen LogP contribution < -0.4 is 10.1 Å². The van der Waals surface area contributed by atoms with Crippen LogP contribution in [0.3, 0.4) is 0 Å². The molecule has 1 amide bonds. The second kappa shape index (κ2) is 7.43. The molecule has 5 heterocycles. The molecule has 1 saturated carbocycles. The summed E-state index contributed by atoms with van der Waals surface area (Å²) in [7, 11) is 1.63. The monoisotopic (exact) mass is 446 g/mol. The van der Waals surface area contributed by atoms with Gasteiger partial charge < -0.3 is 19.9 Å². The van der Waals surface area contributed by atoms with Gasteiger partial charge in [-0.15, -0.1) is 0 Å². The summed E-state index contributed by atoms with van der Waals surface area (Å²) in [5, 5.41) is 8.58. The van der Waals surface area contributed by atoms with Crippen molar-refractivity contribution in [2.24, 2.45) is 5.41 Å². The third-order valence-corrected chi connectivity index (χ3v) is 7.15. The van der Waals surface area contributed by atoms with Crippen molar-refractivity contribution in [3.8, 4) is 17.0 Å². The maximum atomic E-state index is 11.5. The van der Waals surface area contributed by atoms with E-state index < -0.39 is 0 Å². The topological polar surface area (TPSA) is 113 Å². The second-order valence-corrected chi connectivity index (χ2v) is 9.26. The molecule has 0 bridgehead atoms. The molecule has 4 aromatic heterocycles. The lowest BCUT2D eigenvalue weighted by molar-refractivity contribution is -0.143. The second-order valence-electron chi connectivity index (χ2n) is 9.26. The Bertz CT molecular complexity index is 1340. The maximum absolute atomic E-state index is 11.5. The third-order valence-electron chi connectivity index (χ3n) is 7.15. The van der Waals surface area contributed by atoms with Crippen LogP contribution in [0, 0.1) is 5.41 Å². The summed E-state index contributed by atoms with van der Waals surface area (Å²) < 4.78 is 7.40. The Labute approximate surface area is 190 Å². The number of aromatic nitrogens is 6. The van der Waals surface area contributed by atoms with Gasteiger partial charge >= 0.3 is 0 Å². The molecule has 0 unspecified atom stereocenters. The number of pyridine rings is 1. The molecular formula is C23H26N8O2. The summed E-state index contributed by atoms with van der Waals surface area (Å²) in [5.41, 5.74) is 3.75. The van der Waals surface area contributed by atoms with Crippen molar-refractivity contribution in [2.45, 2.75) is 38.6 Å². The molecule has 170 valence electrons. The van der Waals surface area contributed by atoms with E-state index in [4.69, 9.17) is 9.72 Å². The van der Waals surface area contributed by atoms with E-state index in [1.54, 1.807) is 18.5 Å². The molecule has 6 rings (SSSR count). The molecule has 4 aromatic rings. The molecule has 10 nitrogen and oxygen atoms in total. The fraction of sp³-hybridized carbons (Fsp3) is 0.435. The number of carbonyl (C=O) groups excluding carboxylic acids is 1. The predicted octanol–water partition coefficient (Wildman–Crippen LogP) is 2.88. The van der Waals surface area contributed by atoms with Gasteiger partial charge in [-0.25, -0.2) is 9.50 Å². The molecule has 0 radical (unpaired) electrons. The minimum atomic E-state index is 0.182. The van der Waals surface area contributed by atoms with Crippen LogP contribution in [-0.4, -0.2) is 66.6 Å². The maximum Gasteiger partial charge on any atom is 0.228 e. The summed E-state index contributed by atoms with van der Waals surface area (Å²) in [4.78, 5) is 30.4. The molecule has 1 saturated heterocycles. The smallest absolute Gasteiger partial charge is 0.228 e. The number of hydrogen-bond donors (Lipinski definition) is 2. The van der Waals surface area contributed by atoms with E-state index in [2.05, 4.69) is 25.4 Å². The number of aromatic amines is 1. The Kier molecular flexibility index (Phi) is 4.49. The molecular weight excluding hydrogens is 420 g/mol. The molecule has 10 heteroatoms. The highest BCUT2D eigenvalue weighted by molar-refractivity contribution is 5.97. The fourth-order valence-corrected chi connectivity index (χ4v) is 5.28. The largest absolute Gasteiger partial charge is 0.480 e. The molecule has 2 N–H and O–H groups in total. The summed E-state index contributed by atoms with van der Waals surface area (Å²) in [6, 6.07) is 4.25. The van der Waals surface area contributed by atoms with Gasteiger partial charge in [0.2, 0.25) is 17.7 Å². The highest BCUT2D eigenvalue weighted by atomic mass is 16.5. The number of nitrogens with zero attached hydrogens (tertiary/aromatic N) is 6. The number of methoxy groups -OCH3 is 1. The minimum absolute atomic E-state index is 0.182. The number of nitrogens with one attached hydrogen (secondary N) is 2. The highest BCUT2D eigenvalue weighted by Gasteiger charge is 2.46. The van der Waals surface area contributed by atoms with E-state index in [9.17, 15) is 4.79 Å². The average Bonchev–Trinajstić information content (AvgIpc) is 3.44. The SMILES string of the molecule is COc1nc(NC2CCC3(CC2)CN(C(C)=O)C3)nc2[nH]cc(-c3ccc4ncnn4c3)c12. The van der Waals surface area contributed by atoms with E-state index in [0.29, 0.717) is 23.3 Å². The summed E-state index contributed by atoms with van der Waals surface area (Å²) in [6.07, 6.45) is 9.71. The molecule has 33 heavy (non-hydrogen) atoms. The Morgan fingerprint density at radius 2 is 2.06 bits per heavy atom. The summed E-state index contributed by atoms with van der Waals surface area (Å²) in [5.74, 6) is 1.28. The van der Waals surface area contributed by atoms with Gasteiger partial charge in [0.25, 0.3) is 0 Å². The van der Waals surface area contributed by atoms with Crippen LogP contribution in [0.4, 0.5) is 5.95 Å². The van der Waals surface area contributed by atoms with E-state index in [-0.39, 0.29) is 5.91 Å². The number of hydrogen-bond acceptors (Lipinski definition) is 7. The first-order chi connectivity index (χ1) is 16.0. The van der Waals surface area contributed by atoms with Crippen molar-refractivity contribution in [2.75, 3.05) is 25.5 Å². The van der Waals surface area contributed by atoms with Crippen LogP contribution >= 0.6 is 0 Å². The first-order valence-corrected chi connectivity index (χ1v) is 11.3. The zero-order chi connectivity index (χ0) is 22.6. The number of rotatable bonds is 4. The Hall–Kier alpha value is -3.69. The van der Waals surface area contributed by atoms with Gasteiger partial charge in [-0.1, -0.05) is 0 Å². The quantitative estimate of drug-likeness (QED) is 0.495. The molecule has 1 spiro atoms. The molecule has 1 aliphatic heterocycles. The van der Waals surface area contributed by atoms with Gasteiger partial charge in [0.15, 0.2) is 5.65 Å². The van der Waals surface area contributed by atoms with E-state index >= 15 is 0 Å². The number of ether oxygens (including phenoxy) is 1. The number of anilines is 1. The first kappa shape index (κ1) is 20.0. The predicted molar refractivity (Wildman–Crippen MR) is 123 cm³/mol. The lowest BCUT2D eigenvalue weighted by Crippen LogP contribution is -2.59. The van der Waals surface area contributed by atoms with Crippen LogP contribution in [0.1, 0.15) is 32.6 Å². The van der Waals surface area contributed by atoms with Crippen LogP contribution in [0.25, 0.3) is 27.8 Å². The minimum Gasteiger partial charge on any atom is -0.480 e. The van der Waals surface area contributed by atoms with Crippen LogP contribution in [-0.2, 0) is 4.79 Å². The van der Waals surface area contributed by atoms with Crippen LogP contribution in [0.2, 0.25) is 0 Å². The number of likely N-dealkylation sites (tertiary alicyclic amines) is 1. The Morgan fingerprint density at radius 1 is 1.24 bits per heavy atom. The summed E-state index contributed by atoms with van der Waals surface area (Å²) >= 11 is 0. The van der Waals surface area contributed by atoms with E-state index in [0.717, 1.165) is 66.6 Å². The van der Waals surface area contributed by atoms with E-state index in [1.165, 1.54) is 6.33 Å². The van der Waals surface area contributed by atoms with Gasteiger partial charge in [0.05, 0.1) is 12.5 Å². The molecule has 0 atom stereocenters. The Morgan fingerprint density at radius 3 is 2.82 bits per heavy atom. The number of H-pyrrole nitrogens is 1.